The third-order valence-corrected chi connectivity index (χ3v) is 3.21. The first-order chi connectivity index (χ1) is 8.60. The number of hydrogen-bond donors (Lipinski definition) is 1. The molecule has 0 saturated carbocycles. The van der Waals surface area contributed by atoms with Crippen LogP contribution in [-0.2, 0) is 23.1 Å². The van der Waals surface area contributed by atoms with Gasteiger partial charge >= 0.3 is 5.97 Å². The Bertz CT molecular complexity index is 388. The lowest BCUT2D eigenvalue weighted by Crippen LogP contribution is -2.37. The van der Waals surface area contributed by atoms with E-state index in [1.54, 1.807) is 0 Å². The molecule has 1 aromatic heterocycles. The second-order valence-corrected chi connectivity index (χ2v) is 4.48. The van der Waals surface area contributed by atoms with Crippen molar-refractivity contribution in [1.29, 1.82) is 0 Å². The lowest BCUT2D eigenvalue weighted by molar-refractivity contribution is -0.143. The predicted octanol–water partition coefficient (Wildman–Crippen LogP) is 1.55. The van der Waals surface area contributed by atoms with Crippen molar-refractivity contribution in [2.45, 2.75) is 45.7 Å². The van der Waals surface area contributed by atoms with Gasteiger partial charge in [-0.25, -0.2) is 0 Å². The van der Waals surface area contributed by atoms with E-state index in [2.05, 4.69) is 17.3 Å². The maximum absolute atomic E-state index is 11.6. The van der Waals surface area contributed by atoms with Gasteiger partial charge in [0.15, 0.2) is 0 Å². The summed E-state index contributed by atoms with van der Waals surface area (Å²) in [4.78, 5) is 11.6. The van der Waals surface area contributed by atoms with Crippen molar-refractivity contribution in [3.8, 4) is 0 Å². The molecule has 1 unspecified atom stereocenters. The minimum Gasteiger partial charge on any atom is -0.468 e. The smallest absolute Gasteiger partial charge is 0.322 e. The number of aromatic nitrogens is 2. The average molecular weight is 253 g/mol. The summed E-state index contributed by atoms with van der Waals surface area (Å²) in [7, 11) is 3.34. The molecule has 18 heavy (non-hydrogen) atoms. The second-order valence-electron chi connectivity index (χ2n) is 4.48. The number of unbranched alkanes of at least 4 members (excludes halogenated alkanes) is 1. The van der Waals surface area contributed by atoms with Gasteiger partial charge in [0.2, 0.25) is 0 Å². The summed E-state index contributed by atoms with van der Waals surface area (Å²) in [6.45, 7) is 4.77. The fourth-order valence-corrected chi connectivity index (χ4v) is 1.80. The Balaban J connectivity index is 2.56. The summed E-state index contributed by atoms with van der Waals surface area (Å²) in [5, 5.41) is 7.43. The van der Waals surface area contributed by atoms with Gasteiger partial charge < -0.3 is 10.1 Å². The number of nitrogens with one attached hydrogen (secondary N) is 1. The van der Waals surface area contributed by atoms with Crippen LogP contribution in [0, 0.1) is 6.92 Å². The van der Waals surface area contributed by atoms with E-state index in [9.17, 15) is 4.79 Å². The van der Waals surface area contributed by atoms with Crippen molar-refractivity contribution in [1.82, 2.24) is 15.1 Å². The molecule has 5 nitrogen and oxygen atoms in total. The van der Waals surface area contributed by atoms with Crippen molar-refractivity contribution in [2.75, 3.05) is 7.11 Å². The van der Waals surface area contributed by atoms with Crippen molar-refractivity contribution >= 4 is 5.97 Å². The zero-order chi connectivity index (χ0) is 13.5. The zero-order valence-corrected chi connectivity index (χ0v) is 11.7. The normalized spacial score (nSPS) is 12.4. The molecule has 0 aromatic carbocycles. The fourth-order valence-electron chi connectivity index (χ4n) is 1.80. The highest BCUT2D eigenvalue weighted by Crippen LogP contribution is 2.08. The minimum atomic E-state index is -0.227. The summed E-state index contributed by atoms with van der Waals surface area (Å²) in [5.74, 6) is -0.190. The summed E-state index contributed by atoms with van der Waals surface area (Å²) in [6, 6.07) is -0.227. The molecule has 0 aliphatic carbocycles. The summed E-state index contributed by atoms with van der Waals surface area (Å²) in [6.07, 6.45) is 4.72. The summed E-state index contributed by atoms with van der Waals surface area (Å²) in [5.41, 5.74) is 2.23. The highest BCUT2D eigenvalue weighted by molar-refractivity contribution is 5.75. The molecule has 1 aromatic rings. The van der Waals surface area contributed by atoms with Crippen LogP contribution >= 0.6 is 0 Å². The Morgan fingerprint density at radius 3 is 2.83 bits per heavy atom. The van der Waals surface area contributed by atoms with Gasteiger partial charge in [0.05, 0.1) is 13.3 Å². The van der Waals surface area contributed by atoms with Crippen LogP contribution < -0.4 is 5.32 Å². The SMILES string of the molecule is CCCCC(NCc1cnn(C)c1C)C(=O)OC. The number of carbonyl (C=O) groups is 1. The standard InChI is InChI=1S/C13H23N3O2/c1-5-6-7-12(13(17)18-4)14-8-11-9-15-16(3)10(11)2/h9,12,14H,5-8H2,1-4H3. The predicted molar refractivity (Wildman–Crippen MR) is 70.1 cm³/mol. The molecule has 0 radical (unpaired) electrons. The van der Waals surface area contributed by atoms with Crippen LogP contribution in [0.1, 0.15) is 37.4 Å². The van der Waals surface area contributed by atoms with Crippen LogP contribution in [0.25, 0.3) is 0 Å². The largest absolute Gasteiger partial charge is 0.468 e. The molecule has 5 heteroatoms. The molecular formula is C13H23N3O2. The van der Waals surface area contributed by atoms with E-state index < -0.39 is 0 Å². The van der Waals surface area contributed by atoms with Gasteiger partial charge in [0.1, 0.15) is 6.04 Å². The van der Waals surface area contributed by atoms with E-state index in [-0.39, 0.29) is 12.0 Å². The van der Waals surface area contributed by atoms with Crippen molar-refractivity contribution in [2.24, 2.45) is 7.05 Å². The Morgan fingerprint density at radius 2 is 2.33 bits per heavy atom. The Morgan fingerprint density at radius 1 is 1.61 bits per heavy atom. The molecule has 1 heterocycles. The van der Waals surface area contributed by atoms with Crippen LogP contribution in [-0.4, -0.2) is 28.9 Å². The van der Waals surface area contributed by atoms with Crippen LogP contribution in [0.4, 0.5) is 0 Å². The Hall–Kier alpha value is -1.36. The van der Waals surface area contributed by atoms with Crippen molar-refractivity contribution < 1.29 is 9.53 Å². The summed E-state index contributed by atoms with van der Waals surface area (Å²) < 4.78 is 6.64. The van der Waals surface area contributed by atoms with E-state index in [0.29, 0.717) is 6.54 Å². The summed E-state index contributed by atoms with van der Waals surface area (Å²) >= 11 is 0. The zero-order valence-electron chi connectivity index (χ0n) is 11.7. The van der Waals surface area contributed by atoms with Crippen molar-refractivity contribution in [3.05, 3.63) is 17.5 Å². The number of rotatable bonds is 7. The van der Waals surface area contributed by atoms with Crippen LogP contribution in [0.5, 0.6) is 0 Å². The van der Waals surface area contributed by atoms with Gasteiger partial charge in [0, 0.05) is 24.8 Å². The molecule has 0 saturated heterocycles. The van der Waals surface area contributed by atoms with E-state index in [1.807, 2.05) is 24.9 Å². The van der Waals surface area contributed by atoms with E-state index in [0.717, 1.165) is 30.5 Å². The molecule has 1 atom stereocenters. The number of esters is 1. The first-order valence-electron chi connectivity index (χ1n) is 6.38. The molecule has 0 aliphatic rings. The van der Waals surface area contributed by atoms with Gasteiger partial charge in [-0.15, -0.1) is 0 Å². The third-order valence-electron chi connectivity index (χ3n) is 3.21. The number of carbonyl (C=O) groups excluding carboxylic acids is 1. The molecule has 1 rings (SSSR count). The van der Waals surface area contributed by atoms with Crippen LogP contribution in [0.3, 0.4) is 0 Å². The maximum atomic E-state index is 11.6. The number of methoxy groups -OCH3 is 1. The average Bonchev–Trinajstić information content (AvgIpc) is 2.69. The molecule has 102 valence electrons. The quantitative estimate of drug-likeness (QED) is 0.749. The molecule has 0 aliphatic heterocycles. The molecule has 1 N–H and O–H groups in total. The van der Waals surface area contributed by atoms with Gasteiger partial charge in [0.25, 0.3) is 0 Å². The number of ether oxygens (including phenoxy) is 1. The van der Waals surface area contributed by atoms with Crippen LogP contribution in [0.15, 0.2) is 6.20 Å². The number of nitrogens with zero attached hydrogens (tertiary/aromatic N) is 2. The monoisotopic (exact) mass is 253 g/mol. The van der Waals surface area contributed by atoms with Crippen molar-refractivity contribution in [3.63, 3.8) is 0 Å². The lowest BCUT2D eigenvalue weighted by Gasteiger charge is -2.15. The molecule has 0 amide bonds. The highest BCUT2D eigenvalue weighted by Gasteiger charge is 2.18. The van der Waals surface area contributed by atoms with E-state index in [1.165, 1.54) is 7.11 Å². The first kappa shape index (κ1) is 14.7. The molecule has 0 spiro atoms. The van der Waals surface area contributed by atoms with Crippen LogP contribution in [0.2, 0.25) is 0 Å². The minimum absolute atomic E-state index is 0.190. The number of aryl methyl sites for hydroxylation is 1. The topological polar surface area (TPSA) is 56.2 Å². The second kappa shape index (κ2) is 7.16. The molecular weight excluding hydrogens is 230 g/mol. The van der Waals surface area contributed by atoms with Gasteiger partial charge in [-0.2, -0.15) is 5.10 Å². The highest BCUT2D eigenvalue weighted by atomic mass is 16.5. The van der Waals surface area contributed by atoms with Gasteiger partial charge in [-0.05, 0) is 13.3 Å². The fraction of sp³-hybridized carbons (Fsp3) is 0.692. The van der Waals surface area contributed by atoms with E-state index >= 15 is 0 Å². The number of hydrogen-bond acceptors (Lipinski definition) is 4. The Kier molecular flexibility index (Phi) is 5.85. The first-order valence-corrected chi connectivity index (χ1v) is 6.38. The maximum Gasteiger partial charge on any atom is 0.322 e. The third kappa shape index (κ3) is 3.84. The van der Waals surface area contributed by atoms with Gasteiger partial charge in [-0.3, -0.25) is 9.48 Å². The van der Waals surface area contributed by atoms with Gasteiger partial charge in [-0.1, -0.05) is 19.8 Å². The Labute approximate surface area is 109 Å². The van der Waals surface area contributed by atoms with E-state index in [4.69, 9.17) is 4.74 Å². The lowest BCUT2D eigenvalue weighted by atomic mass is 10.1. The molecule has 0 bridgehead atoms. The molecule has 0 fully saturated rings.